The van der Waals surface area contributed by atoms with Crippen LogP contribution in [0, 0.1) is 0 Å². The Morgan fingerprint density at radius 3 is 2.15 bits per heavy atom. The minimum atomic E-state index is -0.437. The Hall–Kier alpha value is -1.03. The van der Waals surface area contributed by atoms with Crippen molar-refractivity contribution >= 4 is 21.9 Å². The Morgan fingerprint density at radius 2 is 1.65 bits per heavy atom. The van der Waals surface area contributed by atoms with E-state index in [0.29, 0.717) is 12.8 Å². The maximum Gasteiger partial charge on any atom is 0.306 e. The maximum absolute atomic E-state index is 11.7. The molecule has 1 rings (SSSR count). The molecule has 0 aliphatic carbocycles. The van der Waals surface area contributed by atoms with Crippen LogP contribution < -0.4 is 4.74 Å². The van der Waals surface area contributed by atoms with E-state index in [2.05, 4.69) is 15.9 Å². The molecular weight excluding hydrogens is 320 g/mol. The number of esters is 1. The molecule has 0 N–H and O–H groups in total. The van der Waals surface area contributed by atoms with Crippen molar-refractivity contribution in [3.05, 3.63) is 28.7 Å². The molecule has 0 amide bonds. The summed E-state index contributed by atoms with van der Waals surface area (Å²) in [4.78, 5) is 11.7. The lowest BCUT2D eigenvalue weighted by atomic mass is 10.0. The van der Waals surface area contributed by atoms with E-state index in [1.165, 1.54) is 0 Å². The van der Waals surface area contributed by atoms with E-state index in [-0.39, 0.29) is 5.97 Å². The number of rotatable bonds is 5. The zero-order valence-corrected chi connectivity index (χ0v) is 14.4. The largest absolute Gasteiger partial charge is 0.488 e. The lowest BCUT2D eigenvalue weighted by Crippen LogP contribution is -2.31. The number of carbonyl (C=O) groups excluding carboxylic acids is 1. The average Bonchev–Trinajstić information content (AvgIpc) is 2.27. The molecule has 0 radical (unpaired) electrons. The smallest absolute Gasteiger partial charge is 0.306 e. The Bertz CT molecular complexity index is 444. The summed E-state index contributed by atoms with van der Waals surface area (Å²) in [6.07, 6.45) is 0.957. The van der Waals surface area contributed by atoms with E-state index in [1.807, 2.05) is 58.9 Å². The van der Waals surface area contributed by atoms with Gasteiger partial charge >= 0.3 is 5.97 Å². The summed E-state index contributed by atoms with van der Waals surface area (Å²) < 4.78 is 12.2. The number of carbonyl (C=O) groups is 1. The fourth-order valence-electron chi connectivity index (χ4n) is 1.67. The molecule has 20 heavy (non-hydrogen) atoms. The summed E-state index contributed by atoms with van der Waals surface area (Å²) >= 11 is 3.39. The van der Waals surface area contributed by atoms with Gasteiger partial charge in [0.2, 0.25) is 0 Å². The summed E-state index contributed by atoms with van der Waals surface area (Å²) in [6, 6.07) is 7.66. The van der Waals surface area contributed by atoms with Gasteiger partial charge < -0.3 is 9.47 Å². The average molecular weight is 343 g/mol. The molecule has 0 saturated carbocycles. The molecule has 0 saturated heterocycles. The second-order valence-electron chi connectivity index (χ2n) is 6.40. The van der Waals surface area contributed by atoms with Crippen LogP contribution in [0.5, 0.6) is 5.75 Å². The van der Waals surface area contributed by atoms with Crippen molar-refractivity contribution < 1.29 is 14.3 Å². The van der Waals surface area contributed by atoms with Gasteiger partial charge in [-0.25, -0.2) is 0 Å². The highest BCUT2D eigenvalue weighted by Crippen LogP contribution is 2.24. The van der Waals surface area contributed by atoms with Crippen LogP contribution in [-0.2, 0) is 9.53 Å². The van der Waals surface area contributed by atoms with Gasteiger partial charge in [-0.05, 0) is 65.3 Å². The zero-order valence-electron chi connectivity index (χ0n) is 12.8. The number of benzene rings is 1. The first-order chi connectivity index (χ1) is 9.07. The van der Waals surface area contributed by atoms with Crippen molar-refractivity contribution in [2.24, 2.45) is 0 Å². The van der Waals surface area contributed by atoms with Gasteiger partial charge in [0.25, 0.3) is 0 Å². The van der Waals surface area contributed by atoms with Crippen molar-refractivity contribution in [2.75, 3.05) is 0 Å². The normalized spacial score (nSPS) is 12.1. The molecule has 0 atom stereocenters. The summed E-state index contributed by atoms with van der Waals surface area (Å²) in [5.41, 5.74) is -0.849. The molecule has 0 heterocycles. The molecule has 112 valence electrons. The van der Waals surface area contributed by atoms with E-state index in [4.69, 9.17) is 9.47 Å². The molecule has 3 nitrogen and oxygen atoms in total. The van der Waals surface area contributed by atoms with E-state index >= 15 is 0 Å². The van der Waals surface area contributed by atoms with Crippen LogP contribution in [0.2, 0.25) is 0 Å². The van der Waals surface area contributed by atoms with E-state index in [0.717, 1.165) is 10.2 Å². The SMILES string of the molecule is CC(C)(C)OC(=O)CCC(C)(C)Oc1ccc(Br)cc1. The van der Waals surface area contributed by atoms with Crippen LogP contribution >= 0.6 is 15.9 Å². The minimum Gasteiger partial charge on any atom is -0.488 e. The first-order valence-corrected chi connectivity index (χ1v) is 7.53. The highest BCUT2D eigenvalue weighted by atomic mass is 79.9. The van der Waals surface area contributed by atoms with Gasteiger partial charge in [0.15, 0.2) is 0 Å². The fourth-order valence-corrected chi connectivity index (χ4v) is 1.93. The third-order valence-corrected chi connectivity index (χ3v) is 3.09. The van der Waals surface area contributed by atoms with Crippen molar-refractivity contribution in [1.29, 1.82) is 0 Å². The van der Waals surface area contributed by atoms with Crippen LogP contribution in [0.15, 0.2) is 28.7 Å². The Balaban J connectivity index is 2.49. The zero-order chi connectivity index (χ0) is 15.4. The van der Waals surface area contributed by atoms with E-state index in [9.17, 15) is 4.79 Å². The van der Waals surface area contributed by atoms with Crippen LogP contribution in [0.25, 0.3) is 0 Å². The minimum absolute atomic E-state index is 0.190. The molecule has 0 aliphatic rings. The maximum atomic E-state index is 11.7. The molecule has 0 aromatic heterocycles. The second kappa shape index (κ2) is 6.61. The molecule has 0 aliphatic heterocycles. The number of hydrogen-bond acceptors (Lipinski definition) is 3. The highest BCUT2D eigenvalue weighted by molar-refractivity contribution is 9.10. The fraction of sp³-hybridized carbons (Fsp3) is 0.562. The standard InChI is InChI=1S/C16H23BrO3/c1-15(2,3)20-14(18)10-11-16(4,5)19-13-8-6-12(17)7-9-13/h6-9H,10-11H2,1-5H3. The second-order valence-corrected chi connectivity index (χ2v) is 7.32. The van der Waals surface area contributed by atoms with Crippen LogP contribution in [0.1, 0.15) is 47.5 Å². The monoisotopic (exact) mass is 342 g/mol. The van der Waals surface area contributed by atoms with E-state index < -0.39 is 11.2 Å². The summed E-state index contributed by atoms with van der Waals surface area (Å²) in [7, 11) is 0. The van der Waals surface area contributed by atoms with Gasteiger partial charge in [-0.15, -0.1) is 0 Å². The molecule has 1 aromatic rings. The first-order valence-electron chi connectivity index (χ1n) is 6.74. The third kappa shape index (κ3) is 6.94. The quantitative estimate of drug-likeness (QED) is 0.725. The molecule has 4 heteroatoms. The van der Waals surface area contributed by atoms with Crippen molar-refractivity contribution in [2.45, 2.75) is 58.7 Å². The predicted octanol–water partition coefficient (Wildman–Crippen LogP) is 4.73. The summed E-state index contributed by atoms with van der Waals surface area (Å²) in [5, 5.41) is 0. The summed E-state index contributed by atoms with van der Waals surface area (Å²) in [6.45, 7) is 9.55. The first kappa shape index (κ1) is 17.0. The molecule has 0 unspecified atom stereocenters. The van der Waals surface area contributed by atoms with Gasteiger partial charge in [-0.1, -0.05) is 15.9 Å². The summed E-state index contributed by atoms with van der Waals surface area (Å²) in [5.74, 6) is 0.604. The van der Waals surface area contributed by atoms with Gasteiger partial charge in [-0.3, -0.25) is 4.79 Å². The molecule has 0 fully saturated rings. The van der Waals surface area contributed by atoms with Crippen LogP contribution in [0.3, 0.4) is 0 Å². The van der Waals surface area contributed by atoms with Crippen molar-refractivity contribution in [1.82, 2.24) is 0 Å². The van der Waals surface area contributed by atoms with Gasteiger partial charge in [0.05, 0.1) is 0 Å². The van der Waals surface area contributed by atoms with Gasteiger partial charge in [0.1, 0.15) is 17.0 Å². The Kier molecular flexibility index (Phi) is 5.63. The number of hydrogen-bond donors (Lipinski definition) is 0. The number of ether oxygens (including phenoxy) is 2. The van der Waals surface area contributed by atoms with Gasteiger partial charge in [-0.2, -0.15) is 0 Å². The van der Waals surface area contributed by atoms with Crippen LogP contribution in [0.4, 0.5) is 0 Å². The van der Waals surface area contributed by atoms with Crippen LogP contribution in [-0.4, -0.2) is 17.2 Å². The van der Waals surface area contributed by atoms with E-state index in [1.54, 1.807) is 0 Å². The lowest BCUT2D eigenvalue weighted by Gasteiger charge is -2.27. The number of halogens is 1. The van der Waals surface area contributed by atoms with Crippen molar-refractivity contribution in [3.63, 3.8) is 0 Å². The predicted molar refractivity (Wildman–Crippen MR) is 83.9 cm³/mol. The topological polar surface area (TPSA) is 35.5 Å². The highest BCUT2D eigenvalue weighted by Gasteiger charge is 2.23. The van der Waals surface area contributed by atoms with Gasteiger partial charge in [0, 0.05) is 10.9 Å². The Morgan fingerprint density at radius 1 is 1.10 bits per heavy atom. The molecule has 0 spiro atoms. The third-order valence-electron chi connectivity index (χ3n) is 2.56. The molecule has 0 bridgehead atoms. The Labute approximate surface area is 129 Å². The lowest BCUT2D eigenvalue weighted by molar-refractivity contribution is -0.155. The van der Waals surface area contributed by atoms with Crippen molar-refractivity contribution in [3.8, 4) is 5.75 Å². The molecule has 1 aromatic carbocycles. The molecular formula is C16H23BrO3.